The van der Waals surface area contributed by atoms with E-state index in [1.807, 2.05) is 58.8 Å². The highest BCUT2D eigenvalue weighted by molar-refractivity contribution is 7.15. The zero-order valence-corrected chi connectivity index (χ0v) is 36.0. The number of hydrogen-bond donors (Lipinski definition) is 2. The van der Waals surface area contributed by atoms with Crippen LogP contribution in [0.1, 0.15) is 79.5 Å². The Kier molecular flexibility index (Phi) is 13.0. The molecule has 3 unspecified atom stereocenters. The maximum Gasteiger partial charge on any atom is 0.324 e. The second-order valence-corrected chi connectivity index (χ2v) is 18.4. The summed E-state index contributed by atoms with van der Waals surface area (Å²) in [6.07, 6.45) is -0.397. The third-order valence-corrected chi connectivity index (χ3v) is 13.8. The molecule has 58 heavy (non-hydrogen) atoms. The van der Waals surface area contributed by atoms with Crippen LogP contribution in [0.3, 0.4) is 0 Å². The highest BCUT2D eigenvalue weighted by Crippen LogP contribution is 2.53. The van der Waals surface area contributed by atoms with Crippen molar-refractivity contribution in [2.75, 3.05) is 27.2 Å². The number of esters is 2. The number of carbonyl (C=O) groups is 4. The molecule has 0 aliphatic carbocycles. The number of carbonyl (C=O) groups excluding carboxylic acids is 4. The average Bonchev–Trinajstić information content (AvgIpc) is 3.89. The Morgan fingerprint density at radius 1 is 1.05 bits per heavy atom. The molecule has 0 saturated carbocycles. The van der Waals surface area contributed by atoms with E-state index in [-0.39, 0.29) is 43.9 Å². The molecule has 0 spiro atoms. The molecule has 6 rings (SSSR count). The van der Waals surface area contributed by atoms with E-state index < -0.39 is 88.7 Å². The molecule has 14 atom stereocenters. The second kappa shape index (κ2) is 17.2. The molecule has 14 nitrogen and oxygen atoms in total. The molecule has 6 heterocycles. The van der Waals surface area contributed by atoms with Crippen LogP contribution in [0, 0.1) is 40.9 Å². The molecule has 2 aromatic heterocycles. The van der Waals surface area contributed by atoms with Gasteiger partial charge in [0.25, 0.3) is 0 Å². The summed E-state index contributed by atoms with van der Waals surface area (Å²) in [5, 5.41) is 14.9. The lowest BCUT2D eigenvalue weighted by Gasteiger charge is -2.47. The van der Waals surface area contributed by atoms with Crippen LogP contribution >= 0.6 is 11.3 Å². The first-order valence-corrected chi connectivity index (χ1v) is 21.1. The fourth-order valence-corrected chi connectivity index (χ4v) is 10.7. The molecule has 0 bridgehead atoms. The highest BCUT2D eigenvalue weighted by atomic mass is 32.1. The van der Waals surface area contributed by atoms with E-state index in [9.17, 15) is 24.3 Å². The van der Waals surface area contributed by atoms with Crippen LogP contribution < -0.4 is 5.32 Å². The van der Waals surface area contributed by atoms with Gasteiger partial charge in [0, 0.05) is 48.1 Å². The fourth-order valence-electron chi connectivity index (χ4n) is 9.84. The average molecular weight is 823 g/mol. The molecule has 2 aromatic rings. The number of aliphatic hydroxyl groups is 1. The number of likely N-dealkylation sites (N-methyl/N-ethyl adjacent to an activating group) is 1. The molecule has 4 saturated heterocycles. The van der Waals surface area contributed by atoms with Gasteiger partial charge in [-0.1, -0.05) is 39.5 Å². The van der Waals surface area contributed by atoms with Crippen molar-refractivity contribution in [3.8, 4) is 22.5 Å². The van der Waals surface area contributed by atoms with Crippen molar-refractivity contribution < 1.29 is 48.0 Å². The van der Waals surface area contributed by atoms with Gasteiger partial charge >= 0.3 is 11.9 Å². The number of ether oxygens (including phenoxy) is 5. The summed E-state index contributed by atoms with van der Waals surface area (Å²) < 4.78 is 31.8. The van der Waals surface area contributed by atoms with E-state index >= 15 is 0 Å². The Morgan fingerprint density at radius 2 is 1.76 bits per heavy atom. The van der Waals surface area contributed by atoms with Crippen LogP contribution in [0.15, 0.2) is 30.6 Å². The van der Waals surface area contributed by atoms with Crippen molar-refractivity contribution in [3.05, 3.63) is 35.5 Å². The number of hydrogen-bond acceptors (Lipinski definition) is 15. The molecule has 4 fully saturated rings. The predicted molar refractivity (Wildman–Crippen MR) is 214 cm³/mol. The molecule has 0 radical (unpaired) electrons. The summed E-state index contributed by atoms with van der Waals surface area (Å²) in [5.41, 5.74) is -3.88. The van der Waals surface area contributed by atoms with E-state index in [2.05, 4.69) is 27.1 Å². The summed E-state index contributed by atoms with van der Waals surface area (Å²) in [5.74, 6) is 1.27. The van der Waals surface area contributed by atoms with Crippen LogP contribution in [0.5, 0.6) is 0 Å². The SMILES string of the molecule is CC[C@H]1OC(=O)[C@H](C)C(=O)[C@H](C)[C@@H](O[C@@H]2O[C@H](C)C[C@H](N(C)C)[C@H]2O)[C@@](C)(OCC#Cc2ccc(-c3ncccn3)s2)C[C@@H](C)C(=O)C2(C)CNC3C(=O)O[C@@]1(C)C32. The number of nitrogens with zero attached hydrogens (tertiary/aromatic N) is 3. The van der Waals surface area contributed by atoms with E-state index in [1.54, 1.807) is 39.2 Å². The van der Waals surface area contributed by atoms with Crippen molar-refractivity contribution >= 4 is 34.8 Å². The topological polar surface area (TPSA) is 176 Å². The van der Waals surface area contributed by atoms with Crippen molar-refractivity contribution in [3.63, 3.8) is 0 Å². The molecule has 316 valence electrons. The van der Waals surface area contributed by atoms with Crippen LogP contribution in [-0.4, -0.2) is 125 Å². The van der Waals surface area contributed by atoms with Crippen LogP contribution in [-0.2, 0) is 42.9 Å². The number of aromatic nitrogens is 2. The Balaban J connectivity index is 1.41. The summed E-state index contributed by atoms with van der Waals surface area (Å²) in [4.78, 5) is 69.0. The molecular formula is C43H58N4O10S. The number of rotatable bonds is 7. The van der Waals surface area contributed by atoms with Gasteiger partial charge in [0.1, 0.15) is 36.6 Å². The lowest BCUT2D eigenvalue weighted by molar-refractivity contribution is -0.296. The van der Waals surface area contributed by atoms with Gasteiger partial charge in [0.05, 0.1) is 27.6 Å². The first-order valence-electron chi connectivity index (χ1n) is 20.2. The Morgan fingerprint density at radius 3 is 2.43 bits per heavy atom. The summed E-state index contributed by atoms with van der Waals surface area (Å²) in [6, 6.07) is 4.42. The van der Waals surface area contributed by atoms with Crippen LogP contribution in [0.2, 0.25) is 0 Å². The summed E-state index contributed by atoms with van der Waals surface area (Å²) >= 11 is 1.43. The van der Waals surface area contributed by atoms with Gasteiger partial charge in [-0.25, -0.2) is 9.97 Å². The van der Waals surface area contributed by atoms with E-state index in [1.165, 1.54) is 18.3 Å². The number of aliphatic hydroxyl groups excluding tert-OH is 1. The molecule has 2 N–H and O–H groups in total. The molecule has 4 aliphatic heterocycles. The number of cyclic esters (lactones) is 1. The van der Waals surface area contributed by atoms with Gasteiger partial charge in [-0.05, 0) is 79.3 Å². The van der Waals surface area contributed by atoms with Crippen molar-refractivity contribution in [1.29, 1.82) is 0 Å². The van der Waals surface area contributed by atoms with Crippen LogP contribution in [0.25, 0.3) is 10.7 Å². The van der Waals surface area contributed by atoms with Gasteiger partial charge in [-0.3, -0.25) is 19.2 Å². The number of ketones is 2. The van der Waals surface area contributed by atoms with Gasteiger partial charge in [0.15, 0.2) is 23.5 Å². The summed E-state index contributed by atoms with van der Waals surface area (Å²) in [6.45, 7) is 14.1. The predicted octanol–water partition coefficient (Wildman–Crippen LogP) is 3.82. The number of nitrogens with one attached hydrogen (secondary N) is 1. The quantitative estimate of drug-likeness (QED) is 0.234. The minimum atomic E-state index is -1.42. The zero-order chi connectivity index (χ0) is 42.3. The third-order valence-electron chi connectivity index (χ3n) is 12.8. The van der Waals surface area contributed by atoms with E-state index in [4.69, 9.17) is 23.7 Å². The van der Waals surface area contributed by atoms with Gasteiger partial charge in [-0.2, -0.15) is 0 Å². The zero-order valence-electron chi connectivity index (χ0n) is 35.1. The molecular weight excluding hydrogens is 765 g/mol. The van der Waals surface area contributed by atoms with Gasteiger partial charge in [0.2, 0.25) is 0 Å². The first-order chi connectivity index (χ1) is 27.3. The Hall–Kier alpha value is -3.62. The molecule has 4 aliphatic rings. The minimum absolute atomic E-state index is 0.0638. The van der Waals surface area contributed by atoms with Crippen molar-refractivity contribution in [1.82, 2.24) is 20.2 Å². The first kappa shape index (κ1) is 43.9. The molecule has 0 amide bonds. The van der Waals surface area contributed by atoms with Crippen molar-refractivity contribution in [2.24, 2.45) is 29.1 Å². The Bertz CT molecular complexity index is 1920. The monoisotopic (exact) mass is 822 g/mol. The minimum Gasteiger partial charge on any atom is -0.458 e. The van der Waals surface area contributed by atoms with Crippen LogP contribution in [0.4, 0.5) is 0 Å². The smallest absolute Gasteiger partial charge is 0.324 e. The maximum atomic E-state index is 15.0. The normalized spacial score (nSPS) is 39.7. The standard InChI is InChI=1S/C43H58N4O10S/c1-11-30-43(8)34-31(39(52)57-43)46-22-41(34,6)35(50)23(2)21-42(7,53-19-12-14-27-15-16-29(58-27)37-44-17-13-18-45-37)36(25(4)32(48)26(5)38(51)55-30)56-40-33(49)28(47(9)10)20-24(3)54-40/h13,15-18,23-26,28,30-31,33-34,36,40,46,49H,11,19-22H2,1-10H3/t23-,24-,25+,26-,28+,30-,31?,33-,34?,36-,40+,41?,42+,43-/m1/s1. The van der Waals surface area contributed by atoms with E-state index in [0.717, 1.165) is 9.75 Å². The summed E-state index contributed by atoms with van der Waals surface area (Å²) in [7, 11) is 3.74. The maximum absolute atomic E-state index is 15.0. The molecule has 15 heteroatoms. The highest BCUT2D eigenvalue weighted by Gasteiger charge is 2.69. The Labute approximate surface area is 345 Å². The second-order valence-electron chi connectivity index (χ2n) is 17.3. The number of Topliss-reactive ketones (excluding diaryl/α,β-unsaturated/α-hetero) is 2. The van der Waals surface area contributed by atoms with E-state index in [0.29, 0.717) is 12.2 Å². The van der Waals surface area contributed by atoms with Gasteiger partial charge in [-0.15, -0.1) is 11.3 Å². The fraction of sp³-hybridized carbons (Fsp3) is 0.674. The third kappa shape index (κ3) is 8.26. The number of thiophene rings is 1. The van der Waals surface area contributed by atoms with Gasteiger partial charge < -0.3 is 39.0 Å². The lowest BCUT2D eigenvalue weighted by atomic mass is 9.62. The lowest BCUT2D eigenvalue weighted by Crippen LogP contribution is -2.60. The largest absolute Gasteiger partial charge is 0.458 e. The van der Waals surface area contributed by atoms with Crippen molar-refractivity contribution in [2.45, 2.75) is 129 Å². The molecule has 0 aromatic carbocycles.